The van der Waals surface area contributed by atoms with Gasteiger partial charge in [-0.2, -0.15) is 0 Å². The van der Waals surface area contributed by atoms with Crippen LogP contribution in [-0.4, -0.2) is 42.5 Å². The molecule has 0 aliphatic carbocycles. The molecule has 0 N–H and O–H groups in total. The minimum Gasteiger partial charge on any atom is -0.488 e. The Morgan fingerprint density at radius 2 is 0.571 bits per heavy atom. The standard InChI is InChI=1S/C33H48O6Si3/c1-31(2,3)34-25-13-19-28(20-14-25)40(10)37-41(11,29-21-15-26(16-22-29)35-32(4,5)6)39-42(12,38-40)30-23-17-27(18-24-30)36-33(7,8)9/h13-24H,1-12H3. The maximum absolute atomic E-state index is 7.08. The van der Waals surface area contributed by atoms with Crippen LogP contribution in [0.5, 0.6) is 17.2 Å². The molecule has 3 aromatic carbocycles. The number of hydrogen-bond acceptors (Lipinski definition) is 6. The van der Waals surface area contributed by atoms with E-state index in [4.69, 9.17) is 26.6 Å². The van der Waals surface area contributed by atoms with Crippen molar-refractivity contribution in [3.05, 3.63) is 72.8 Å². The Morgan fingerprint density at radius 3 is 0.738 bits per heavy atom. The van der Waals surface area contributed by atoms with Crippen molar-refractivity contribution < 1.29 is 26.6 Å². The molecule has 1 aliphatic heterocycles. The van der Waals surface area contributed by atoms with Crippen LogP contribution in [0.15, 0.2) is 72.8 Å². The Balaban J connectivity index is 1.74. The molecular formula is C33H48O6Si3. The summed E-state index contributed by atoms with van der Waals surface area (Å²) in [5, 5.41) is 3.14. The van der Waals surface area contributed by atoms with Crippen LogP contribution in [0.25, 0.3) is 0 Å². The highest BCUT2D eigenvalue weighted by molar-refractivity contribution is 7.05. The zero-order valence-corrected chi connectivity index (χ0v) is 30.4. The molecule has 0 saturated carbocycles. The zero-order valence-electron chi connectivity index (χ0n) is 27.4. The molecule has 0 radical (unpaired) electrons. The predicted octanol–water partition coefficient (Wildman–Crippen LogP) is 6.52. The van der Waals surface area contributed by atoms with E-state index >= 15 is 0 Å². The molecular weight excluding hydrogens is 577 g/mol. The van der Waals surface area contributed by atoms with Gasteiger partial charge in [0, 0.05) is 0 Å². The first-order chi connectivity index (χ1) is 19.2. The highest BCUT2D eigenvalue weighted by Crippen LogP contribution is 2.32. The van der Waals surface area contributed by atoms with Gasteiger partial charge in [0.15, 0.2) is 0 Å². The van der Waals surface area contributed by atoms with Crippen LogP contribution < -0.4 is 29.8 Å². The van der Waals surface area contributed by atoms with Gasteiger partial charge >= 0.3 is 25.7 Å². The number of rotatable bonds is 6. The van der Waals surface area contributed by atoms with Gasteiger partial charge in [-0.3, -0.25) is 0 Å². The average Bonchev–Trinajstić information content (AvgIpc) is 2.81. The molecule has 228 valence electrons. The first-order valence-corrected chi connectivity index (χ1v) is 21.6. The van der Waals surface area contributed by atoms with Crippen LogP contribution in [0.2, 0.25) is 19.6 Å². The molecule has 0 unspecified atom stereocenters. The molecule has 0 amide bonds. The normalized spacial score (nSPS) is 25.1. The van der Waals surface area contributed by atoms with Crippen LogP contribution in [0, 0.1) is 0 Å². The Labute approximate surface area is 256 Å². The van der Waals surface area contributed by atoms with Gasteiger partial charge in [-0.25, -0.2) is 0 Å². The van der Waals surface area contributed by atoms with E-state index in [1.807, 2.05) is 98.7 Å². The van der Waals surface area contributed by atoms with Crippen LogP contribution in [0.4, 0.5) is 0 Å². The van der Waals surface area contributed by atoms with E-state index in [1.54, 1.807) is 0 Å². The van der Waals surface area contributed by atoms with Gasteiger partial charge in [0.1, 0.15) is 34.1 Å². The van der Waals surface area contributed by atoms with Crippen molar-refractivity contribution in [3.8, 4) is 17.2 Å². The van der Waals surface area contributed by atoms with Crippen LogP contribution in [0.1, 0.15) is 62.3 Å². The quantitative estimate of drug-likeness (QED) is 0.291. The summed E-state index contributed by atoms with van der Waals surface area (Å²) in [5.41, 5.74) is -0.842. The summed E-state index contributed by atoms with van der Waals surface area (Å²) in [6, 6.07) is 24.6. The summed E-state index contributed by atoms with van der Waals surface area (Å²) in [6.45, 7) is 24.8. The molecule has 0 spiro atoms. The van der Waals surface area contributed by atoms with E-state index in [1.165, 1.54) is 0 Å². The summed E-state index contributed by atoms with van der Waals surface area (Å²) < 4.78 is 39.5. The molecule has 1 fully saturated rings. The Bertz CT molecular complexity index is 1180. The molecule has 9 heteroatoms. The monoisotopic (exact) mass is 624 g/mol. The molecule has 42 heavy (non-hydrogen) atoms. The number of ether oxygens (including phenoxy) is 3. The lowest BCUT2D eigenvalue weighted by Crippen LogP contribution is -2.77. The second kappa shape index (κ2) is 11.3. The zero-order chi connectivity index (χ0) is 31.2. The van der Waals surface area contributed by atoms with Crippen molar-refractivity contribution >= 4 is 41.2 Å². The van der Waals surface area contributed by atoms with Gasteiger partial charge in [-0.05, 0) is 134 Å². The van der Waals surface area contributed by atoms with E-state index in [0.717, 1.165) is 32.8 Å². The van der Waals surface area contributed by atoms with Crippen molar-refractivity contribution in [1.29, 1.82) is 0 Å². The van der Waals surface area contributed by atoms with Crippen LogP contribution >= 0.6 is 0 Å². The molecule has 0 bridgehead atoms. The Hall–Kier alpha value is -2.41. The third-order valence-electron chi connectivity index (χ3n) is 6.58. The maximum Gasteiger partial charge on any atom is 0.352 e. The largest absolute Gasteiger partial charge is 0.488 e. The maximum atomic E-state index is 7.08. The average molecular weight is 625 g/mol. The summed E-state index contributed by atoms with van der Waals surface area (Å²) in [5.74, 6) is 2.46. The number of benzene rings is 3. The van der Waals surface area contributed by atoms with Gasteiger partial charge in [-0.15, -0.1) is 0 Å². The second-order valence-corrected chi connectivity index (χ2v) is 24.2. The lowest BCUT2D eigenvalue weighted by Gasteiger charge is -2.50. The van der Waals surface area contributed by atoms with Crippen molar-refractivity contribution in [2.75, 3.05) is 0 Å². The third-order valence-corrected chi connectivity index (χ3v) is 20.1. The van der Waals surface area contributed by atoms with E-state index < -0.39 is 25.7 Å². The summed E-state index contributed by atoms with van der Waals surface area (Å²) in [4.78, 5) is 0. The SMILES string of the molecule is CC(C)(C)Oc1ccc([Si]2(C)O[Si](C)(c3ccc(OC(C)(C)C)cc3)O[Si](C)(c3ccc(OC(C)(C)C)cc3)O2)cc1. The van der Waals surface area contributed by atoms with Gasteiger partial charge < -0.3 is 26.6 Å². The fourth-order valence-corrected chi connectivity index (χ4v) is 20.8. The highest BCUT2D eigenvalue weighted by Gasteiger charge is 2.59. The van der Waals surface area contributed by atoms with Crippen LogP contribution in [0.3, 0.4) is 0 Å². The van der Waals surface area contributed by atoms with E-state index in [9.17, 15) is 0 Å². The summed E-state index contributed by atoms with van der Waals surface area (Å²) in [7, 11) is -8.86. The topological polar surface area (TPSA) is 55.4 Å². The fraction of sp³-hybridized carbons (Fsp3) is 0.455. The molecule has 3 aromatic rings. The van der Waals surface area contributed by atoms with Crippen LogP contribution in [-0.2, 0) is 12.3 Å². The Kier molecular flexibility index (Phi) is 8.71. The highest BCUT2D eigenvalue weighted by atomic mass is 28.5. The molecule has 0 aromatic heterocycles. The van der Waals surface area contributed by atoms with Gasteiger partial charge in [0.05, 0.1) is 0 Å². The predicted molar refractivity (Wildman–Crippen MR) is 177 cm³/mol. The van der Waals surface area contributed by atoms with Gasteiger partial charge in [0.2, 0.25) is 0 Å². The fourth-order valence-electron chi connectivity index (χ4n) is 5.07. The Morgan fingerprint density at radius 1 is 0.381 bits per heavy atom. The molecule has 1 aliphatic rings. The van der Waals surface area contributed by atoms with Crippen molar-refractivity contribution in [2.45, 2.75) is 98.8 Å². The molecule has 1 saturated heterocycles. The molecule has 0 atom stereocenters. The number of hydrogen-bond donors (Lipinski definition) is 0. The third kappa shape index (κ3) is 8.15. The summed E-state index contributed by atoms with van der Waals surface area (Å²) in [6.07, 6.45) is 0. The lowest BCUT2D eigenvalue weighted by atomic mass is 10.2. The molecule has 4 rings (SSSR count). The minimum absolute atomic E-state index is 0.281. The van der Waals surface area contributed by atoms with E-state index in [-0.39, 0.29) is 16.8 Å². The smallest absolute Gasteiger partial charge is 0.352 e. The van der Waals surface area contributed by atoms with E-state index in [0.29, 0.717) is 0 Å². The first-order valence-electron chi connectivity index (χ1n) is 14.7. The second-order valence-electron chi connectivity index (χ2n) is 14.4. The van der Waals surface area contributed by atoms with Crippen molar-refractivity contribution in [2.24, 2.45) is 0 Å². The summed E-state index contributed by atoms with van der Waals surface area (Å²) >= 11 is 0. The van der Waals surface area contributed by atoms with E-state index in [2.05, 4.69) is 56.0 Å². The van der Waals surface area contributed by atoms with Gasteiger partial charge in [0.25, 0.3) is 0 Å². The lowest BCUT2D eigenvalue weighted by molar-refractivity contribution is 0.130. The van der Waals surface area contributed by atoms with Crippen molar-refractivity contribution in [3.63, 3.8) is 0 Å². The first kappa shape index (κ1) is 32.5. The van der Waals surface area contributed by atoms with Gasteiger partial charge in [-0.1, -0.05) is 36.4 Å². The van der Waals surface area contributed by atoms with Crippen molar-refractivity contribution in [1.82, 2.24) is 0 Å². The molecule has 6 nitrogen and oxygen atoms in total. The molecule has 1 heterocycles. The minimum atomic E-state index is -2.95.